The third-order valence-corrected chi connectivity index (χ3v) is 3.82. The fraction of sp³-hybridized carbons (Fsp3) is 0.562. The van der Waals surface area contributed by atoms with Crippen LogP contribution in [0.4, 0.5) is 5.69 Å². The van der Waals surface area contributed by atoms with Crippen molar-refractivity contribution in [3.05, 3.63) is 39.9 Å². The van der Waals surface area contributed by atoms with Crippen molar-refractivity contribution >= 4 is 11.6 Å². The number of hydrogen-bond acceptors (Lipinski definition) is 4. The fourth-order valence-corrected chi connectivity index (χ4v) is 2.24. The number of rotatable bonds is 8. The molecular formula is C16H24N4O3. The molecule has 2 rings (SSSR count). The molecule has 0 spiro atoms. The lowest BCUT2D eigenvalue weighted by Crippen LogP contribution is -2.40. The number of aliphatic imine (C=N–C) groups is 1. The molecule has 7 nitrogen and oxygen atoms in total. The normalized spacial score (nSPS) is 14.6. The summed E-state index contributed by atoms with van der Waals surface area (Å²) in [5, 5.41) is 14.2. The van der Waals surface area contributed by atoms with E-state index in [0.29, 0.717) is 24.7 Å². The minimum Gasteiger partial charge on any atom is -0.379 e. The van der Waals surface area contributed by atoms with E-state index in [1.165, 1.54) is 18.9 Å². The van der Waals surface area contributed by atoms with Crippen molar-refractivity contribution in [1.82, 2.24) is 10.2 Å². The molecule has 0 radical (unpaired) electrons. The molecule has 0 atom stereocenters. The van der Waals surface area contributed by atoms with Gasteiger partial charge >= 0.3 is 0 Å². The van der Waals surface area contributed by atoms with Crippen molar-refractivity contribution in [2.45, 2.75) is 19.4 Å². The summed E-state index contributed by atoms with van der Waals surface area (Å²) in [4.78, 5) is 16.8. The Kier molecular flexibility index (Phi) is 6.34. The van der Waals surface area contributed by atoms with E-state index in [4.69, 9.17) is 4.74 Å². The third kappa shape index (κ3) is 5.52. The lowest BCUT2D eigenvalue weighted by molar-refractivity contribution is -0.385. The molecule has 0 unspecified atom stereocenters. The molecule has 1 saturated carbocycles. The summed E-state index contributed by atoms with van der Waals surface area (Å²) in [6.07, 6.45) is 2.57. The molecule has 0 bridgehead atoms. The topological polar surface area (TPSA) is 80.0 Å². The van der Waals surface area contributed by atoms with Crippen molar-refractivity contribution in [3.63, 3.8) is 0 Å². The van der Waals surface area contributed by atoms with Gasteiger partial charge in [0, 0.05) is 45.4 Å². The van der Waals surface area contributed by atoms with Crippen LogP contribution in [0.3, 0.4) is 0 Å². The highest BCUT2D eigenvalue weighted by Crippen LogP contribution is 2.28. The first kappa shape index (κ1) is 17.2. The van der Waals surface area contributed by atoms with E-state index in [9.17, 15) is 10.1 Å². The van der Waals surface area contributed by atoms with E-state index in [1.807, 2.05) is 11.9 Å². The van der Waals surface area contributed by atoms with E-state index < -0.39 is 0 Å². The third-order valence-electron chi connectivity index (χ3n) is 3.82. The van der Waals surface area contributed by atoms with Crippen molar-refractivity contribution in [2.75, 3.05) is 33.9 Å². The Bertz CT molecular complexity index is 558. The molecule has 7 heteroatoms. The van der Waals surface area contributed by atoms with Gasteiger partial charge < -0.3 is 15.0 Å². The second-order valence-corrected chi connectivity index (χ2v) is 5.73. The lowest BCUT2D eigenvalue weighted by atomic mass is 10.2. The van der Waals surface area contributed by atoms with Gasteiger partial charge in [-0.05, 0) is 18.8 Å². The zero-order valence-corrected chi connectivity index (χ0v) is 13.7. The van der Waals surface area contributed by atoms with Gasteiger partial charge in [0.05, 0.1) is 11.5 Å². The minimum atomic E-state index is -0.366. The van der Waals surface area contributed by atoms with Crippen LogP contribution in [0.5, 0.6) is 0 Å². The van der Waals surface area contributed by atoms with Crippen LogP contribution in [0, 0.1) is 16.0 Å². The number of para-hydroxylation sites is 1. The average Bonchev–Trinajstić information content (AvgIpc) is 3.36. The lowest BCUT2D eigenvalue weighted by Gasteiger charge is -2.22. The number of guanidine groups is 1. The van der Waals surface area contributed by atoms with E-state index >= 15 is 0 Å². The van der Waals surface area contributed by atoms with Crippen LogP contribution in [-0.4, -0.2) is 49.6 Å². The zero-order valence-electron chi connectivity index (χ0n) is 13.7. The zero-order chi connectivity index (χ0) is 16.7. The van der Waals surface area contributed by atoms with Crippen LogP contribution >= 0.6 is 0 Å². The molecule has 1 aromatic rings. The monoisotopic (exact) mass is 320 g/mol. The Morgan fingerprint density at radius 2 is 2.22 bits per heavy atom. The van der Waals surface area contributed by atoms with E-state index in [-0.39, 0.29) is 10.6 Å². The van der Waals surface area contributed by atoms with Crippen molar-refractivity contribution < 1.29 is 9.66 Å². The number of likely N-dealkylation sites (N-methyl/N-ethyl adjacent to an activating group) is 1. The number of nitro benzene ring substituents is 1. The summed E-state index contributed by atoms with van der Waals surface area (Å²) in [7, 11) is 3.62. The Hall–Kier alpha value is -2.15. The molecule has 0 aliphatic heterocycles. The van der Waals surface area contributed by atoms with Gasteiger partial charge in [0.1, 0.15) is 0 Å². The van der Waals surface area contributed by atoms with Gasteiger partial charge in [0.2, 0.25) is 0 Å². The molecule has 23 heavy (non-hydrogen) atoms. The van der Waals surface area contributed by atoms with E-state index in [1.54, 1.807) is 25.2 Å². The maximum Gasteiger partial charge on any atom is 0.274 e. The maximum atomic E-state index is 11.0. The summed E-state index contributed by atoms with van der Waals surface area (Å²) in [6.45, 7) is 2.58. The largest absolute Gasteiger partial charge is 0.379 e. The highest BCUT2D eigenvalue weighted by molar-refractivity contribution is 5.79. The number of nitrogens with zero attached hydrogens (tertiary/aromatic N) is 3. The molecular weight excluding hydrogens is 296 g/mol. The molecule has 1 fully saturated rings. The fourth-order valence-electron chi connectivity index (χ4n) is 2.24. The summed E-state index contributed by atoms with van der Waals surface area (Å²) in [5.41, 5.74) is 0.753. The Morgan fingerprint density at radius 1 is 1.48 bits per heavy atom. The second-order valence-electron chi connectivity index (χ2n) is 5.73. The van der Waals surface area contributed by atoms with Crippen molar-refractivity contribution in [3.8, 4) is 0 Å². The van der Waals surface area contributed by atoms with Gasteiger partial charge in [-0.25, -0.2) is 0 Å². The van der Waals surface area contributed by atoms with Gasteiger partial charge in [-0.1, -0.05) is 18.2 Å². The quantitative estimate of drug-likeness (QED) is 0.261. The predicted molar refractivity (Wildman–Crippen MR) is 89.5 cm³/mol. The number of nitrogens with one attached hydrogen (secondary N) is 1. The SMILES string of the molecule is CN=C(NCc1ccccc1[N+](=O)[O-])N(C)CCOCC1CC1. The Balaban J connectivity index is 1.80. The van der Waals surface area contributed by atoms with Crippen LogP contribution in [0.15, 0.2) is 29.3 Å². The molecule has 0 heterocycles. The van der Waals surface area contributed by atoms with Crippen LogP contribution < -0.4 is 5.32 Å². The van der Waals surface area contributed by atoms with Crippen LogP contribution in [0.2, 0.25) is 0 Å². The maximum absolute atomic E-state index is 11.0. The van der Waals surface area contributed by atoms with Crippen molar-refractivity contribution in [1.29, 1.82) is 0 Å². The highest BCUT2D eigenvalue weighted by Gasteiger charge is 2.21. The van der Waals surface area contributed by atoms with Gasteiger partial charge in [0.15, 0.2) is 5.96 Å². The summed E-state index contributed by atoms with van der Waals surface area (Å²) in [5.74, 6) is 1.45. The summed E-state index contributed by atoms with van der Waals surface area (Å²) >= 11 is 0. The van der Waals surface area contributed by atoms with Gasteiger partial charge in [0.25, 0.3) is 5.69 Å². The highest BCUT2D eigenvalue weighted by atomic mass is 16.6. The Labute approximate surface area is 136 Å². The number of nitro groups is 1. The summed E-state index contributed by atoms with van der Waals surface area (Å²) in [6, 6.07) is 6.72. The van der Waals surface area contributed by atoms with Crippen LogP contribution in [0.1, 0.15) is 18.4 Å². The van der Waals surface area contributed by atoms with Crippen molar-refractivity contribution in [2.24, 2.45) is 10.9 Å². The number of benzene rings is 1. The van der Waals surface area contributed by atoms with Gasteiger partial charge in [-0.15, -0.1) is 0 Å². The molecule has 126 valence electrons. The molecule has 0 amide bonds. The standard InChI is InChI=1S/C16H24N4O3/c1-17-16(19(2)9-10-23-12-13-7-8-13)18-11-14-5-3-4-6-15(14)20(21)22/h3-6,13H,7-12H2,1-2H3,(H,17,18). The molecule has 1 N–H and O–H groups in total. The second kappa shape index (κ2) is 8.47. The molecule has 1 aromatic carbocycles. The van der Waals surface area contributed by atoms with E-state index in [0.717, 1.165) is 19.1 Å². The minimum absolute atomic E-state index is 0.117. The van der Waals surface area contributed by atoms with Gasteiger partial charge in [-0.3, -0.25) is 15.1 Å². The number of hydrogen-bond donors (Lipinski definition) is 1. The average molecular weight is 320 g/mol. The molecule has 0 saturated heterocycles. The smallest absolute Gasteiger partial charge is 0.274 e. The number of ether oxygens (including phenoxy) is 1. The predicted octanol–water partition coefficient (Wildman–Crippen LogP) is 2.03. The molecule has 1 aliphatic rings. The summed E-state index contributed by atoms with van der Waals surface area (Å²) < 4.78 is 5.62. The van der Waals surface area contributed by atoms with Crippen LogP contribution in [0.25, 0.3) is 0 Å². The van der Waals surface area contributed by atoms with Gasteiger partial charge in [-0.2, -0.15) is 0 Å². The molecule has 1 aliphatic carbocycles. The Morgan fingerprint density at radius 3 is 2.87 bits per heavy atom. The van der Waals surface area contributed by atoms with Crippen LogP contribution in [-0.2, 0) is 11.3 Å². The first-order valence-corrected chi connectivity index (χ1v) is 7.83. The molecule has 0 aromatic heterocycles. The first-order chi connectivity index (χ1) is 11.1. The van der Waals surface area contributed by atoms with E-state index in [2.05, 4.69) is 10.3 Å². The first-order valence-electron chi connectivity index (χ1n) is 7.83.